The van der Waals surface area contributed by atoms with E-state index >= 15 is 0 Å². The number of halogens is 1. The van der Waals surface area contributed by atoms with E-state index in [1.807, 2.05) is 19.1 Å². The zero-order valence-electron chi connectivity index (χ0n) is 7.10. The van der Waals surface area contributed by atoms with Crippen LogP contribution in [0.5, 0.6) is 0 Å². The Morgan fingerprint density at radius 3 is 2.77 bits per heavy atom. The molecular weight excluding hydrogens is 186 g/mol. The van der Waals surface area contributed by atoms with Crippen LogP contribution in [0.15, 0.2) is 29.2 Å². The number of aromatic amines is 1. The Labute approximate surface area is 80.2 Å². The average Bonchev–Trinajstić information content (AvgIpc) is 2.12. The van der Waals surface area contributed by atoms with Gasteiger partial charge in [-0.3, -0.25) is 4.79 Å². The molecule has 13 heavy (non-hydrogen) atoms. The smallest absolute Gasteiger partial charge is 0.256 e. The molecule has 0 amide bonds. The number of hydrogen-bond donors (Lipinski definition) is 1. The van der Waals surface area contributed by atoms with Crippen molar-refractivity contribution in [3.8, 4) is 0 Å². The predicted octanol–water partition coefficient (Wildman–Crippen LogP) is 2.49. The minimum absolute atomic E-state index is 0.0856. The van der Waals surface area contributed by atoms with Gasteiger partial charge in [0.1, 0.15) is 0 Å². The van der Waals surface area contributed by atoms with Crippen molar-refractivity contribution < 1.29 is 0 Å². The van der Waals surface area contributed by atoms with Gasteiger partial charge in [-0.15, -0.1) is 0 Å². The van der Waals surface area contributed by atoms with Crippen LogP contribution in [0.1, 0.15) is 5.56 Å². The normalized spacial score (nSPS) is 10.6. The van der Waals surface area contributed by atoms with E-state index in [4.69, 9.17) is 11.6 Å². The van der Waals surface area contributed by atoms with Crippen molar-refractivity contribution in [3.05, 3.63) is 45.3 Å². The topological polar surface area (TPSA) is 32.9 Å². The first-order valence-electron chi connectivity index (χ1n) is 3.96. The summed E-state index contributed by atoms with van der Waals surface area (Å²) in [7, 11) is 0. The molecule has 0 atom stereocenters. The van der Waals surface area contributed by atoms with E-state index < -0.39 is 0 Å². The van der Waals surface area contributed by atoms with Crippen LogP contribution in [-0.4, -0.2) is 4.98 Å². The first kappa shape index (κ1) is 8.32. The highest BCUT2D eigenvalue weighted by Gasteiger charge is 2.03. The third-order valence-corrected chi connectivity index (χ3v) is 2.42. The largest absolute Gasteiger partial charge is 0.329 e. The molecule has 1 heterocycles. The first-order chi connectivity index (χ1) is 6.20. The molecule has 1 aromatic carbocycles. The molecule has 1 N–H and O–H groups in total. The Morgan fingerprint density at radius 1 is 1.31 bits per heavy atom. The highest BCUT2D eigenvalue weighted by atomic mass is 35.5. The van der Waals surface area contributed by atoms with Gasteiger partial charge in [0, 0.05) is 16.6 Å². The number of aromatic nitrogens is 1. The molecule has 0 spiro atoms. The van der Waals surface area contributed by atoms with Crippen LogP contribution >= 0.6 is 11.6 Å². The molecule has 0 saturated heterocycles. The lowest BCUT2D eigenvalue weighted by atomic mass is 10.1. The summed E-state index contributed by atoms with van der Waals surface area (Å²) in [4.78, 5) is 14.1. The average molecular weight is 194 g/mol. The van der Waals surface area contributed by atoms with Gasteiger partial charge in [0.2, 0.25) is 0 Å². The number of benzene rings is 1. The second-order valence-electron chi connectivity index (χ2n) is 2.96. The lowest BCUT2D eigenvalue weighted by molar-refractivity contribution is 1.27. The van der Waals surface area contributed by atoms with Crippen molar-refractivity contribution in [3.63, 3.8) is 0 Å². The lowest BCUT2D eigenvalue weighted by Crippen LogP contribution is -2.05. The first-order valence-corrected chi connectivity index (χ1v) is 4.34. The standard InChI is InChI=1S/C10H8ClNO/c1-6-2-3-8(11)7-4-5-12-10(13)9(6)7/h2-5H,1H3,(H,12,13). The SMILES string of the molecule is Cc1ccc(Cl)c2cc[nH]c(=O)c12. The van der Waals surface area contributed by atoms with Crippen LogP contribution in [0.3, 0.4) is 0 Å². The number of pyridine rings is 1. The van der Waals surface area contributed by atoms with E-state index in [0.717, 1.165) is 10.9 Å². The molecule has 0 aliphatic rings. The Balaban J connectivity index is 3.09. The number of hydrogen-bond acceptors (Lipinski definition) is 1. The van der Waals surface area contributed by atoms with Gasteiger partial charge < -0.3 is 4.98 Å². The molecule has 0 bridgehead atoms. The van der Waals surface area contributed by atoms with Crippen molar-refractivity contribution in [1.29, 1.82) is 0 Å². The van der Waals surface area contributed by atoms with Crippen molar-refractivity contribution in [2.24, 2.45) is 0 Å². The Morgan fingerprint density at radius 2 is 2.08 bits per heavy atom. The fraction of sp³-hybridized carbons (Fsp3) is 0.100. The molecule has 0 fully saturated rings. The van der Waals surface area contributed by atoms with Gasteiger partial charge in [0.25, 0.3) is 5.56 Å². The molecule has 1 aromatic heterocycles. The molecule has 0 saturated carbocycles. The van der Waals surface area contributed by atoms with Crippen LogP contribution in [-0.2, 0) is 0 Å². The summed E-state index contributed by atoms with van der Waals surface area (Å²) in [5.74, 6) is 0. The van der Waals surface area contributed by atoms with E-state index in [1.54, 1.807) is 12.3 Å². The molecule has 2 rings (SSSR count). The second kappa shape index (κ2) is 2.89. The van der Waals surface area contributed by atoms with Crippen LogP contribution in [0.4, 0.5) is 0 Å². The maximum absolute atomic E-state index is 11.4. The highest BCUT2D eigenvalue weighted by molar-refractivity contribution is 6.35. The summed E-state index contributed by atoms with van der Waals surface area (Å²) in [6, 6.07) is 5.46. The lowest BCUT2D eigenvalue weighted by Gasteiger charge is -2.01. The number of rotatable bonds is 0. The monoisotopic (exact) mass is 193 g/mol. The third kappa shape index (κ3) is 1.23. The van der Waals surface area contributed by atoms with Gasteiger partial charge in [-0.2, -0.15) is 0 Å². The Bertz CT molecular complexity index is 516. The molecule has 3 heteroatoms. The van der Waals surface area contributed by atoms with E-state index in [2.05, 4.69) is 4.98 Å². The summed E-state index contributed by atoms with van der Waals surface area (Å²) < 4.78 is 0. The van der Waals surface area contributed by atoms with E-state index in [9.17, 15) is 4.79 Å². The van der Waals surface area contributed by atoms with Crippen LogP contribution < -0.4 is 5.56 Å². The van der Waals surface area contributed by atoms with E-state index in [0.29, 0.717) is 10.4 Å². The molecule has 2 nitrogen and oxygen atoms in total. The summed E-state index contributed by atoms with van der Waals surface area (Å²) in [5.41, 5.74) is 0.860. The Kier molecular flexibility index (Phi) is 1.85. The van der Waals surface area contributed by atoms with Crippen LogP contribution in [0.2, 0.25) is 5.02 Å². The van der Waals surface area contributed by atoms with Gasteiger partial charge >= 0.3 is 0 Å². The number of fused-ring (bicyclic) bond motifs is 1. The van der Waals surface area contributed by atoms with Crippen molar-refractivity contribution in [2.75, 3.05) is 0 Å². The van der Waals surface area contributed by atoms with Crippen LogP contribution in [0.25, 0.3) is 10.8 Å². The summed E-state index contributed by atoms with van der Waals surface area (Å²) in [6.45, 7) is 1.90. The van der Waals surface area contributed by atoms with Gasteiger partial charge in [-0.25, -0.2) is 0 Å². The summed E-state index contributed by atoms with van der Waals surface area (Å²) in [5, 5.41) is 2.10. The number of H-pyrrole nitrogens is 1. The van der Waals surface area contributed by atoms with Gasteiger partial charge in [0.05, 0.1) is 5.39 Å². The maximum atomic E-state index is 11.4. The molecule has 0 radical (unpaired) electrons. The minimum atomic E-state index is -0.0856. The van der Waals surface area contributed by atoms with E-state index in [-0.39, 0.29) is 5.56 Å². The van der Waals surface area contributed by atoms with Crippen molar-refractivity contribution in [1.82, 2.24) is 4.98 Å². The van der Waals surface area contributed by atoms with Crippen molar-refractivity contribution >= 4 is 22.4 Å². The summed E-state index contributed by atoms with van der Waals surface area (Å²) >= 11 is 5.95. The second-order valence-corrected chi connectivity index (χ2v) is 3.37. The zero-order chi connectivity index (χ0) is 9.42. The molecule has 66 valence electrons. The molecule has 0 aliphatic carbocycles. The van der Waals surface area contributed by atoms with E-state index in [1.165, 1.54) is 0 Å². The quantitative estimate of drug-likeness (QED) is 0.685. The fourth-order valence-electron chi connectivity index (χ4n) is 1.44. The number of aryl methyl sites for hydroxylation is 1. The third-order valence-electron chi connectivity index (χ3n) is 2.09. The molecule has 0 unspecified atom stereocenters. The van der Waals surface area contributed by atoms with Gasteiger partial charge in [-0.05, 0) is 24.6 Å². The number of nitrogens with one attached hydrogen (secondary N) is 1. The molecule has 2 aromatic rings. The van der Waals surface area contributed by atoms with Gasteiger partial charge in [0.15, 0.2) is 0 Å². The predicted molar refractivity (Wildman–Crippen MR) is 54.3 cm³/mol. The Hall–Kier alpha value is -1.28. The minimum Gasteiger partial charge on any atom is -0.329 e. The zero-order valence-corrected chi connectivity index (χ0v) is 7.85. The maximum Gasteiger partial charge on any atom is 0.256 e. The van der Waals surface area contributed by atoms with Crippen LogP contribution in [0, 0.1) is 6.92 Å². The molecule has 0 aliphatic heterocycles. The van der Waals surface area contributed by atoms with Crippen molar-refractivity contribution in [2.45, 2.75) is 6.92 Å². The van der Waals surface area contributed by atoms with Gasteiger partial charge in [-0.1, -0.05) is 17.7 Å². The molecular formula is C10H8ClNO. The summed E-state index contributed by atoms with van der Waals surface area (Å²) in [6.07, 6.45) is 1.61. The highest BCUT2D eigenvalue weighted by Crippen LogP contribution is 2.22. The fourth-order valence-corrected chi connectivity index (χ4v) is 1.66.